The Balaban J connectivity index is 1.48. The van der Waals surface area contributed by atoms with E-state index >= 15 is 0 Å². The number of carbonyl (C=O) groups is 3. The third kappa shape index (κ3) is 2.99. The van der Waals surface area contributed by atoms with Crippen LogP contribution in [-0.2, 0) is 21.7 Å². The molecule has 1 saturated heterocycles. The molecule has 2 aliphatic heterocycles. The Morgan fingerprint density at radius 1 is 1.22 bits per heavy atom. The highest BCUT2D eigenvalue weighted by Gasteiger charge is 2.55. The van der Waals surface area contributed by atoms with Gasteiger partial charge < -0.3 is 15.4 Å². The quantitative estimate of drug-likeness (QED) is 0.784. The van der Waals surface area contributed by atoms with Crippen LogP contribution in [0.25, 0.3) is 0 Å². The lowest BCUT2D eigenvalue weighted by atomic mass is 9.84. The highest BCUT2D eigenvalue weighted by atomic mass is 16.5. The lowest BCUT2D eigenvalue weighted by Gasteiger charge is -2.33. The van der Waals surface area contributed by atoms with Gasteiger partial charge in [-0.05, 0) is 23.8 Å². The molecule has 1 aromatic carbocycles. The molecule has 2 N–H and O–H groups in total. The van der Waals surface area contributed by atoms with Gasteiger partial charge in [0.2, 0.25) is 5.91 Å². The molecule has 2 aromatic rings. The molecular weight excluding hydrogens is 348 g/mol. The van der Waals surface area contributed by atoms with E-state index in [1.165, 1.54) is 0 Å². The lowest BCUT2D eigenvalue weighted by molar-refractivity contribution is -0.136. The maximum absolute atomic E-state index is 13.1. The van der Waals surface area contributed by atoms with Crippen LogP contribution in [0.5, 0.6) is 5.75 Å². The van der Waals surface area contributed by atoms with E-state index in [2.05, 4.69) is 15.6 Å². The van der Waals surface area contributed by atoms with Crippen LogP contribution in [0.3, 0.4) is 0 Å². The number of carbonyl (C=O) groups excluding carboxylic acids is 3. The highest BCUT2D eigenvalue weighted by molar-refractivity contribution is 6.09. The summed E-state index contributed by atoms with van der Waals surface area (Å²) in [6.45, 7) is 0.276. The Morgan fingerprint density at radius 2 is 2.00 bits per heavy atom. The number of hydrogen-bond acceptors (Lipinski definition) is 5. The number of fused-ring (bicyclic) bond motifs is 2. The van der Waals surface area contributed by atoms with Crippen molar-refractivity contribution in [2.24, 2.45) is 0 Å². The molecule has 0 radical (unpaired) electrons. The van der Waals surface area contributed by atoms with Gasteiger partial charge >= 0.3 is 6.03 Å². The number of para-hydroxylation sites is 1. The summed E-state index contributed by atoms with van der Waals surface area (Å²) in [4.78, 5) is 42.6. The van der Waals surface area contributed by atoms with Gasteiger partial charge in [0.25, 0.3) is 5.91 Å². The second kappa shape index (κ2) is 6.71. The number of hydrogen-bond donors (Lipinski definition) is 2. The number of imide groups is 1. The predicted octanol–water partition coefficient (Wildman–Crippen LogP) is 0.928. The summed E-state index contributed by atoms with van der Waals surface area (Å²) in [6.07, 6.45) is 3.58. The van der Waals surface area contributed by atoms with Gasteiger partial charge in [-0.3, -0.25) is 19.5 Å². The van der Waals surface area contributed by atoms with Crippen molar-refractivity contribution < 1.29 is 19.1 Å². The minimum atomic E-state index is -1.17. The Bertz CT molecular complexity index is 902. The molecule has 3 heterocycles. The molecule has 4 rings (SSSR count). The van der Waals surface area contributed by atoms with Gasteiger partial charge in [-0.15, -0.1) is 0 Å². The van der Waals surface area contributed by atoms with Crippen LogP contribution in [0.1, 0.15) is 17.5 Å². The Labute approximate surface area is 155 Å². The van der Waals surface area contributed by atoms with Crippen molar-refractivity contribution in [1.82, 2.24) is 20.5 Å². The zero-order valence-electron chi connectivity index (χ0n) is 14.5. The van der Waals surface area contributed by atoms with E-state index in [1.807, 2.05) is 6.07 Å². The van der Waals surface area contributed by atoms with Crippen molar-refractivity contribution in [2.45, 2.75) is 18.5 Å². The van der Waals surface area contributed by atoms with Gasteiger partial charge in [-0.2, -0.15) is 0 Å². The fraction of sp³-hybridized carbons (Fsp3) is 0.263. The molecule has 138 valence electrons. The zero-order valence-corrected chi connectivity index (χ0v) is 14.5. The molecule has 0 aliphatic carbocycles. The molecule has 0 unspecified atom stereocenters. The fourth-order valence-corrected chi connectivity index (χ4v) is 3.42. The van der Waals surface area contributed by atoms with E-state index in [0.717, 1.165) is 10.5 Å². The summed E-state index contributed by atoms with van der Waals surface area (Å²) in [7, 11) is 0. The summed E-state index contributed by atoms with van der Waals surface area (Å²) >= 11 is 0. The van der Waals surface area contributed by atoms with E-state index < -0.39 is 23.4 Å². The predicted molar refractivity (Wildman–Crippen MR) is 94.6 cm³/mol. The van der Waals surface area contributed by atoms with E-state index in [-0.39, 0.29) is 6.54 Å². The van der Waals surface area contributed by atoms with Crippen LogP contribution >= 0.6 is 0 Å². The number of aromatic nitrogens is 1. The average Bonchev–Trinajstić information content (AvgIpc) is 2.92. The van der Waals surface area contributed by atoms with Gasteiger partial charge in [-0.25, -0.2) is 4.79 Å². The number of amides is 4. The summed E-state index contributed by atoms with van der Waals surface area (Å²) in [5, 5.41) is 5.49. The first-order valence-corrected chi connectivity index (χ1v) is 8.62. The third-order valence-electron chi connectivity index (χ3n) is 4.80. The molecule has 0 bridgehead atoms. The highest BCUT2D eigenvalue weighted by Crippen LogP contribution is 2.40. The first-order valence-electron chi connectivity index (χ1n) is 8.62. The first kappa shape index (κ1) is 17.0. The first-order chi connectivity index (χ1) is 13.1. The van der Waals surface area contributed by atoms with Gasteiger partial charge in [0, 0.05) is 30.9 Å². The Kier molecular flexibility index (Phi) is 4.23. The minimum absolute atomic E-state index is 0.298. The Hall–Kier alpha value is -3.42. The van der Waals surface area contributed by atoms with Gasteiger partial charge in [0.05, 0.1) is 6.61 Å². The topological polar surface area (TPSA) is 101 Å². The minimum Gasteiger partial charge on any atom is -0.493 e. The van der Waals surface area contributed by atoms with E-state index in [9.17, 15) is 14.4 Å². The van der Waals surface area contributed by atoms with Crippen molar-refractivity contribution in [3.63, 3.8) is 0 Å². The standard InChI is InChI=1S/C19H18N4O4/c24-16(21-11-13-5-8-20-9-6-13)12-23-17(25)19(22-18(23)26)7-10-27-15-4-2-1-3-14(15)19/h1-6,8-9H,7,10-12H2,(H,21,24)(H,22,26)/t19-/m0/s1. The number of urea groups is 1. The van der Waals surface area contributed by atoms with Crippen molar-refractivity contribution in [3.8, 4) is 5.75 Å². The van der Waals surface area contributed by atoms with Gasteiger partial charge in [-0.1, -0.05) is 18.2 Å². The number of rotatable bonds is 4. The van der Waals surface area contributed by atoms with Crippen LogP contribution in [0.2, 0.25) is 0 Å². The van der Waals surface area contributed by atoms with Crippen molar-refractivity contribution in [1.29, 1.82) is 0 Å². The third-order valence-corrected chi connectivity index (χ3v) is 4.80. The summed E-state index contributed by atoms with van der Waals surface area (Å²) in [5.74, 6) is -0.267. The van der Waals surface area contributed by atoms with E-state index in [1.54, 1.807) is 42.7 Å². The Morgan fingerprint density at radius 3 is 2.81 bits per heavy atom. The fourth-order valence-electron chi connectivity index (χ4n) is 3.42. The molecule has 4 amide bonds. The molecular formula is C19H18N4O4. The second-order valence-electron chi connectivity index (χ2n) is 6.45. The molecule has 0 saturated carbocycles. The van der Waals surface area contributed by atoms with Crippen molar-refractivity contribution >= 4 is 17.8 Å². The molecule has 1 fully saturated rings. The molecule has 8 heteroatoms. The molecule has 1 atom stereocenters. The maximum Gasteiger partial charge on any atom is 0.325 e. The molecule has 2 aliphatic rings. The lowest BCUT2D eigenvalue weighted by Crippen LogP contribution is -2.48. The number of nitrogens with one attached hydrogen (secondary N) is 2. The van der Waals surface area contributed by atoms with Crippen LogP contribution < -0.4 is 15.4 Å². The smallest absolute Gasteiger partial charge is 0.325 e. The van der Waals surface area contributed by atoms with Gasteiger partial charge in [0.15, 0.2) is 5.54 Å². The SMILES string of the molecule is O=C(CN1C(=O)N[C@]2(CCOc3ccccc32)C1=O)NCc1ccncc1. The van der Waals surface area contributed by atoms with Crippen molar-refractivity contribution in [2.75, 3.05) is 13.2 Å². The monoisotopic (exact) mass is 366 g/mol. The molecule has 1 aromatic heterocycles. The normalized spacial score (nSPS) is 20.8. The van der Waals surface area contributed by atoms with Crippen molar-refractivity contribution in [3.05, 3.63) is 59.9 Å². The number of pyridine rings is 1. The van der Waals surface area contributed by atoms with E-state index in [0.29, 0.717) is 30.9 Å². The number of nitrogens with zero attached hydrogens (tertiary/aromatic N) is 2. The number of ether oxygens (including phenoxy) is 1. The van der Waals surface area contributed by atoms with Crippen LogP contribution in [-0.4, -0.2) is 40.9 Å². The maximum atomic E-state index is 13.1. The van der Waals surface area contributed by atoms with Gasteiger partial charge in [0.1, 0.15) is 12.3 Å². The van der Waals surface area contributed by atoms with Crippen LogP contribution in [0.15, 0.2) is 48.8 Å². The summed E-state index contributed by atoms with van der Waals surface area (Å²) in [6, 6.07) is 10.1. The second-order valence-corrected chi connectivity index (χ2v) is 6.45. The van der Waals surface area contributed by atoms with E-state index in [4.69, 9.17) is 4.74 Å². The van der Waals surface area contributed by atoms with Crippen LogP contribution in [0, 0.1) is 0 Å². The zero-order chi connectivity index (χ0) is 18.9. The number of benzene rings is 1. The molecule has 1 spiro atoms. The largest absolute Gasteiger partial charge is 0.493 e. The summed E-state index contributed by atoms with van der Waals surface area (Å²) < 4.78 is 5.59. The molecule has 8 nitrogen and oxygen atoms in total. The average molecular weight is 366 g/mol. The summed E-state index contributed by atoms with van der Waals surface area (Å²) in [5.41, 5.74) is 0.330. The molecule has 27 heavy (non-hydrogen) atoms. The van der Waals surface area contributed by atoms with Crippen LogP contribution in [0.4, 0.5) is 4.79 Å².